The summed E-state index contributed by atoms with van der Waals surface area (Å²) in [4.78, 5) is 157. The van der Waals surface area contributed by atoms with E-state index in [-0.39, 0.29) is 68.4 Å². The number of primary amides is 1. The van der Waals surface area contributed by atoms with Crippen molar-refractivity contribution in [1.82, 2.24) is 24.4 Å². The first kappa shape index (κ1) is 78.5. The number of phenols is 2. The number of nitrogens with zero attached hydrogens (tertiary/aromatic N) is 4. The van der Waals surface area contributed by atoms with Crippen LogP contribution in [0.1, 0.15) is 150 Å². The standard InChI is InChI=1S/C69H69F4N9O27/c1-27-50(85)35(74)24-44(104-27)105-37-21-28(20-32-46(37)54(89)48-47(52(32)87)51(86)31-10-6-11-36(100-2)45(31)53(48)88)16-19-101-60(94)30-22-33(61(95)102-25-38-57(90)68(70,71)63(106-38)81-17-14-40(75)78-66(81)98)55(34(23-30)62(96)103-26-39-58(91)69(72,73)64(107-39)82-18-15-41(76)79-67(82)99)108-42(83)12-7-13-43(84)109-56(59(92)93)49(80-65(77)97)29-8-4-3-5-9-29/h3-6,8-11,14-15,17-18,22-23,27-28,35,37-39,44,49-50,56-58,63-64,85,87,89-91H,7,12-13,16,19-21,24-26,74H2,1-2H3,(H,92,93)(H2,75,78,98)(H2,76,79,99)(H3,77,80,97)/t27-,28?,35?,37+,38-,39-,44-,49-,50+,56+,57?,58?,63-,64-/m1/s1. The number of hydrogen-bond donors (Lipinski definition) is 11. The van der Waals surface area contributed by atoms with Crippen molar-refractivity contribution in [3.05, 3.63) is 162 Å². The highest BCUT2D eigenvalue weighted by Crippen LogP contribution is 2.53. The maximum atomic E-state index is 15.8. The Hall–Kier alpha value is -11.5. The van der Waals surface area contributed by atoms with E-state index in [1.165, 1.54) is 56.5 Å². The number of urea groups is 1. The lowest BCUT2D eigenvalue weighted by molar-refractivity contribution is -0.243. The molecule has 109 heavy (non-hydrogen) atoms. The molecule has 0 radical (unpaired) electrons. The van der Waals surface area contributed by atoms with Crippen molar-refractivity contribution in [2.24, 2.45) is 17.4 Å². The fourth-order valence-corrected chi connectivity index (χ4v) is 13.3. The van der Waals surface area contributed by atoms with E-state index in [2.05, 4.69) is 15.3 Å². The number of ether oxygens (including phenoxy) is 10. The highest BCUT2D eigenvalue weighted by atomic mass is 19.3. The molecule has 5 heterocycles. The SMILES string of the molecule is COc1cccc2c1C(=O)c1c(O)c3c(c(O)c1C2=O)CC(CCOC(=O)c1cc(C(=O)OC[C@H]2O[C@@H](n4ccc(N)nc4=O)C(F)(F)C2O)c(OC(=O)CCCC(=O)O[C@H](C(=O)O)[C@H](NC(N)=O)c2ccccc2)c(C(=O)OC[C@H]2O[C@@H](n4ccc(N)nc4=O)C(F)(F)C2O)c1)C[C@@H]3O[C@@H]1CC(N)[C@@H](O)[C@@H](C)O1. The summed E-state index contributed by atoms with van der Waals surface area (Å²) in [5.74, 6) is -24.6. The summed E-state index contributed by atoms with van der Waals surface area (Å²) < 4.78 is 119. The highest BCUT2D eigenvalue weighted by molar-refractivity contribution is 6.31. The highest BCUT2D eigenvalue weighted by Gasteiger charge is 2.61. The smallest absolute Gasteiger partial charge is 0.351 e. The number of ketones is 2. The predicted molar refractivity (Wildman–Crippen MR) is 355 cm³/mol. The van der Waals surface area contributed by atoms with Crippen LogP contribution < -0.4 is 49.1 Å². The molecule has 4 unspecified atom stereocenters. The van der Waals surface area contributed by atoms with Gasteiger partial charge in [-0.2, -0.15) is 27.5 Å². The van der Waals surface area contributed by atoms with Crippen LogP contribution in [0.25, 0.3) is 0 Å². The Kier molecular flexibility index (Phi) is 22.9. The molecule has 3 aliphatic heterocycles. The monoisotopic (exact) mass is 1530 g/mol. The van der Waals surface area contributed by atoms with Crippen LogP contribution in [0.15, 0.2) is 94.8 Å². The van der Waals surface area contributed by atoms with Crippen LogP contribution in [0, 0.1) is 5.92 Å². The van der Waals surface area contributed by atoms with Gasteiger partial charge in [0.2, 0.25) is 24.3 Å². The van der Waals surface area contributed by atoms with Gasteiger partial charge >= 0.3 is 65.1 Å². The van der Waals surface area contributed by atoms with E-state index in [1.807, 2.05) is 0 Å². The van der Waals surface area contributed by atoms with Crippen molar-refractivity contribution in [3.8, 4) is 23.0 Å². The number of carbonyl (C=O) groups is 9. The number of rotatable bonds is 25. The van der Waals surface area contributed by atoms with Crippen molar-refractivity contribution in [2.75, 3.05) is 38.4 Å². The number of methoxy groups -OCH3 is 1. The predicted octanol–water partition coefficient (Wildman–Crippen LogP) is 1.83. The number of aliphatic hydroxyl groups excluding tert-OH is 3. The van der Waals surface area contributed by atoms with Gasteiger partial charge in [0.1, 0.15) is 71.5 Å². The molecule has 11 rings (SSSR count). The van der Waals surface area contributed by atoms with Gasteiger partial charge in [0, 0.05) is 54.4 Å². The van der Waals surface area contributed by atoms with E-state index in [1.54, 1.807) is 6.07 Å². The summed E-state index contributed by atoms with van der Waals surface area (Å²) in [5.41, 5.74) is 14.9. The fraction of sp³-hybridized carbons (Fsp3) is 0.406. The number of hydrogen-bond acceptors (Lipinski definition) is 31. The number of aliphatic hydroxyl groups is 3. The van der Waals surface area contributed by atoms with Gasteiger partial charge in [-0.25, -0.2) is 33.6 Å². The minimum absolute atomic E-state index is 0.0238. The first-order valence-electron chi connectivity index (χ1n) is 33.3. The summed E-state index contributed by atoms with van der Waals surface area (Å²) >= 11 is 0. The average molecular weight is 1530 g/mol. The number of carbonyl (C=O) groups excluding carboxylic acids is 8. The number of aromatic hydroxyl groups is 2. The summed E-state index contributed by atoms with van der Waals surface area (Å²) in [5, 5.41) is 69.1. The van der Waals surface area contributed by atoms with Gasteiger partial charge in [0.05, 0.1) is 54.3 Å². The lowest BCUT2D eigenvalue weighted by Crippen LogP contribution is -2.52. The van der Waals surface area contributed by atoms with Gasteiger partial charge in [0.15, 0.2) is 30.0 Å². The number of benzene rings is 4. The zero-order valence-electron chi connectivity index (χ0n) is 57.1. The Morgan fingerprint density at radius 3 is 1.83 bits per heavy atom. The molecule has 2 aliphatic carbocycles. The molecule has 0 saturated carbocycles. The second-order valence-corrected chi connectivity index (χ2v) is 25.8. The maximum Gasteiger partial charge on any atom is 0.351 e. The molecule has 580 valence electrons. The number of carboxylic acid groups (broad SMARTS) is 1. The molecule has 40 heteroatoms. The van der Waals surface area contributed by atoms with Gasteiger partial charge < -0.3 is 106 Å². The van der Waals surface area contributed by atoms with E-state index in [9.17, 15) is 83.4 Å². The van der Waals surface area contributed by atoms with Crippen molar-refractivity contribution in [1.29, 1.82) is 0 Å². The quantitative estimate of drug-likeness (QED) is 0.0128. The number of fused-ring (bicyclic) bond motifs is 3. The number of nitrogens with one attached hydrogen (secondary N) is 1. The van der Waals surface area contributed by atoms with Crippen molar-refractivity contribution in [2.45, 2.75) is 143 Å². The van der Waals surface area contributed by atoms with Crippen molar-refractivity contribution in [3.63, 3.8) is 0 Å². The first-order chi connectivity index (χ1) is 51.6. The lowest BCUT2D eigenvalue weighted by Gasteiger charge is -2.40. The van der Waals surface area contributed by atoms with Crippen LogP contribution in [0.2, 0.25) is 0 Å². The topological polar surface area (TPSA) is 553 Å². The number of aromatic nitrogens is 4. The minimum atomic E-state index is -4.37. The number of esters is 5. The third-order valence-corrected chi connectivity index (χ3v) is 18.7. The second kappa shape index (κ2) is 31.7. The van der Waals surface area contributed by atoms with Crippen LogP contribution in [-0.2, 0) is 58.7 Å². The fourth-order valence-electron chi connectivity index (χ4n) is 13.3. The molecule has 4 aromatic carbocycles. The number of nitrogens with two attached hydrogens (primary N) is 4. The normalized spacial score (nSPS) is 24.2. The van der Waals surface area contributed by atoms with E-state index in [4.69, 9.17) is 70.3 Å². The van der Waals surface area contributed by atoms with E-state index in [0.717, 1.165) is 24.5 Å². The molecule has 15 N–H and O–H groups in total. The third-order valence-electron chi connectivity index (χ3n) is 18.7. The molecule has 3 fully saturated rings. The Morgan fingerprint density at radius 1 is 0.716 bits per heavy atom. The summed E-state index contributed by atoms with van der Waals surface area (Å²) in [6.07, 6.45) is -24.0. The van der Waals surface area contributed by atoms with Crippen LogP contribution in [0.5, 0.6) is 23.0 Å². The first-order valence-corrected chi connectivity index (χ1v) is 33.3. The van der Waals surface area contributed by atoms with Gasteiger partial charge in [0.25, 0.3) is 0 Å². The molecule has 5 aliphatic rings. The molecule has 3 saturated heterocycles. The number of aliphatic carboxylic acids is 1. The number of nitrogen functional groups attached to an aromatic ring is 2. The maximum absolute atomic E-state index is 15.8. The van der Waals surface area contributed by atoms with Crippen LogP contribution in [0.4, 0.5) is 34.0 Å². The number of phenolic OH excluding ortho intramolecular Hbond substituents is 2. The van der Waals surface area contributed by atoms with E-state index in [0.29, 0.717) is 12.1 Å². The molecule has 2 aromatic heterocycles. The molecule has 6 aromatic rings. The second-order valence-electron chi connectivity index (χ2n) is 25.8. The number of anilines is 2. The number of alkyl halides is 4. The molecule has 0 spiro atoms. The summed E-state index contributed by atoms with van der Waals surface area (Å²) in [6.45, 7) is -1.96. The Balaban J connectivity index is 0.916. The van der Waals surface area contributed by atoms with Gasteiger partial charge in [-0.3, -0.25) is 28.3 Å². The zero-order valence-corrected chi connectivity index (χ0v) is 57.1. The van der Waals surface area contributed by atoms with Gasteiger partial charge in [-0.15, -0.1) is 0 Å². The molecular weight excluding hydrogens is 1460 g/mol. The van der Waals surface area contributed by atoms with Crippen LogP contribution >= 0.6 is 0 Å². The van der Waals surface area contributed by atoms with Crippen molar-refractivity contribution >= 4 is 65.0 Å². The third kappa shape index (κ3) is 15.9. The number of halogens is 4. The number of carboxylic acids is 1. The Morgan fingerprint density at radius 2 is 1.28 bits per heavy atom. The molecule has 14 atom stereocenters. The Bertz CT molecular complexity index is 4600. The van der Waals surface area contributed by atoms with E-state index < -0.39 is 258 Å². The largest absolute Gasteiger partial charge is 0.507 e. The van der Waals surface area contributed by atoms with Crippen LogP contribution in [0.3, 0.4) is 0 Å². The zero-order chi connectivity index (χ0) is 79.0. The molecule has 0 bridgehead atoms. The molecule has 36 nitrogen and oxygen atoms in total. The minimum Gasteiger partial charge on any atom is -0.507 e. The average Bonchev–Trinajstić information content (AvgIpc) is 1.70. The van der Waals surface area contributed by atoms with Crippen molar-refractivity contribution < 1.29 is 139 Å². The van der Waals surface area contributed by atoms with E-state index >= 15 is 17.6 Å². The Labute approximate surface area is 610 Å². The summed E-state index contributed by atoms with van der Waals surface area (Å²) in [7, 11) is 1.25. The number of amides is 2. The molecular formula is C69H69F4N9O27. The van der Waals surface area contributed by atoms with Gasteiger partial charge in [-0.1, -0.05) is 42.5 Å². The van der Waals surface area contributed by atoms with Crippen LogP contribution in [-0.4, -0.2) is 197 Å². The summed E-state index contributed by atoms with van der Waals surface area (Å²) in [6, 6.07) is 10.7. The molecule has 2 amide bonds. The van der Waals surface area contributed by atoms with Gasteiger partial charge in [-0.05, 0) is 74.4 Å². The lowest BCUT2D eigenvalue weighted by atomic mass is 9.74.